The molecule has 4 rings (SSSR count). The first-order chi connectivity index (χ1) is 16.4. The third-order valence-electron chi connectivity index (χ3n) is 6.87. The number of amides is 2. The zero-order chi connectivity index (χ0) is 24.2. The van der Waals surface area contributed by atoms with Crippen LogP contribution in [0.2, 0.25) is 0 Å². The number of rotatable bonds is 8. The number of carbonyl (C=O) groups excluding carboxylic acids is 2. The Morgan fingerprint density at radius 2 is 1.65 bits per heavy atom. The molecule has 2 unspecified atom stereocenters. The summed E-state index contributed by atoms with van der Waals surface area (Å²) in [5.41, 5.74) is 4.47. The van der Waals surface area contributed by atoms with Crippen molar-refractivity contribution in [2.24, 2.45) is 5.92 Å². The van der Waals surface area contributed by atoms with Gasteiger partial charge in [-0.15, -0.1) is 0 Å². The standard InChI is InChI=1S/C26H30N2O6/c1-15(33-2)23(24(29)27-17-12-11-16(13-17)25(30)31)28-26(32)34-14-22-20-9-5-3-7-18(20)19-8-4-6-10-21(19)22/h3-10,15-17,22-23H,11-14H2,1-2H3,(H,27,29)(H,28,32)(H,30,31)/t15-,16?,17?,23+/m1/s1. The number of carbonyl (C=O) groups is 3. The van der Waals surface area contributed by atoms with E-state index in [9.17, 15) is 19.5 Å². The molecule has 3 N–H and O–H groups in total. The quantitative estimate of drug-likeness (QED) is 0.550. The minimum absolute atomic E-state index is 0.0864. The molecule has 0 spiro atoms. The van der Waals surface area contributed by atoms with Crippen LogP contribution >= 0.6 is 0 Å². The van der Waals surface area contributed by atoms with Crippen LogP contribution in [0.1, 0.15) is 43.2 Å². The molecule has 0 saturated heterocycles. The van der Waals surface area contributed by atoms with Crippen LogP contribution in [0.5, 0.6) is 0 Å². The van der Waals surface area contributed by atoms with E-state index in [0.29, 0.717) is 19.3 Å². The van der Waals surface area contributed by atoms with E-state index in [-0.39, 0.29) is 18.6 Å². The molecule has 0 bridgehead atoms. The molecule has 4 atom stereocenters. The summed E-state index contributed by atoms with van der Waals surface area (Å²) in [4.78, 5) is 36.8. The van der Waals surface area contributed by atoms with Crippen molar-refractivity contribution >= 4 is 18.0 Å². The van der Waals surface area contributed by atoms with E-state index >= 15 is 0 Å². The van der Waals surface area contributed by atoms with Crippen LogP contribution in [0.4, 0.5) is 4.79 Å². The number of ether oxygens (including phenoxy) is 2. The van der Waals surface area contributed by atoms with Gasteiger partial charge in [-0.2, -0.15) is 0 Å². The van der Waals surface area contributed by atoms with E-state index in [4.69, 9.17) is 9.47 Å². The number of hydrogen-bond acceptors (Lipinski definition) is 5. The van der Waals surface area contributed by atoms with Gasteiger partial charge in [-0.25, -0.2) is 4.79 Å². The van der Waals surface area contributed by atoms with Crippen LogP contribution < -0.4 is 10.6 Å². The molecular weight excluding hydrogens is 436 g/mol. The number of benzene rings is 2. The smallest absolute Gasteiger partial charge is 0.407 e. The average molecular weight is 467 g/mol. The molecule has 1 fully saturated rings. The number of alkyl carbamates (subject to hydrolysis) is 1. The fourth-order valence-electron chi connectivity index (χ4n) is 4.93. The molecular formula is C26H30N2O6. The molecule has 0 heterocycles. The highest BCUT2D eigenvalue weighted by Crippen LogP contribution is 2.44. The number of carboxylic acid groups (broad SMARTS) is 1. The van der Waals surface area contributed by atoms with E-state index in [2.05, 4.69) is 22.8 Å². The van der Waals surface area contributed by atoms with Crippen molar-refractivity contribution < 1.29 is 29.0 Å². The van der Waals surface area contributed by atoms with Crippen LogP contribution in [-0.4, -0.2) is 55.0 Å². The average Bonchev–Trinajstić information content (AvgIpc) is 3.43. The summed E-state index contributed by atoms with van der Waals surface area (Å²) in [5, 5.41) is 14.7. The van der Waals surface area contributed by atoms with Gasteiger partial charge in [0.1, 0.15) is 12.6 Å². The lowest BCUT2D eigenvalue weighted by Crippen LogP contribution is -2.54. The van der Waals surface area contributed by atoms with Gasteiger partial charge in [0.05, 0.1) is 12.0 Å². The molecule has 2 aromatic rings. The van der Waals surface area contributed by atoms with E-state index in [1.807, 2.05) is 36.4 Å². The summed E-state index contributed by atoms with van der Waals surface area (Å²) in [5.74, 6) is -1.82. The monoisotopic (exact) mass is 466 g/mol. The first-order valence-corrected chi connectivity index (χ1v) is 11.6. The van der Waals surface area contributed by atoms with Crippen molar-refractivity contribution in [1.82, 2.24) is 10.6 Å². The number of fused-ring (bicyclic) bond motifs is 3. The molecule has 0 aliphatic heterocycles. The first-order valence-electron chi connectivity index (χ1n) is 11.6. The molecule has 180 valence electrons. The Morgan fingerprint density at radius 1 is 1.03 bits per heavy atom. The maximum atomic E-state index is 12.9. The van der Waals surface area contributed by atoms with Gasteiger partial charge in [0.2, 0.25) is 5.91 Å². The number of aliphatic carboxylic acids is 1. The van der Waals surface area contributed by atoms with Crippen molar-refractivity contribution in [3.05, 3.63) is 59.7 Å². The molecule has 8 nitrogen and oxygen atoms in total. The SMILES string of the molecule is CO[C@H](C)[C@H](NC(=O)OCC1c2ccccc2-c2ccccc21)C(=O)NC1CCC(C(=O)O)C1. The molecule has 0 radical (unpaired) electrons. The van der Waals surface area contributed by atoms with E-state index in [1.54, 1.807) is 6.92 Å². The summed E-state index contributed by atoms with van der Waals surface area (Å²) in [6.45, 7) is 1.82. The lowest BCUT2D eigenvalue weighted by molar-refractivity contribution is -0.141. The minimum Gasteiger partial charge on any atom is -0.481 e. The van der Waals surface area contributed by atoms with E-state index in [0.717, 1.165) is 22.3 Å². The summed E-state index contributed by atoms with van der Waals surface area (Å²) in [6.07, 6.45) is 0.171. The lowest BCUT2D eigenvalue weighted by Gasteiger charge is -2.25. The third kappa shape index (κ3) is 4.92. The Balaban J connectivity index is 1.38. The molecule has 2 amide bonds. The first kappa shape index (κ1) is 23.8. The van der Waals surface area contributed by atoms with Gasteiger partial charge in [-0.3, -0.25) is 9.59 Å². The van der Waals surface area contributed by atoms with Gasteiger partial charge in [-0.1, -0.05) is 48.5 Å². The maximum Gasteiger partial charge on any atom is 0.407 e. The lowest BCUT2D eigenvalue weighted by atomic mass is 9.98. The highest BCUT2D eigenvalue weighted by Gasteiger charge is 2.35. The second-order valence-electron chi connectivity index (χ2n) is 8.94. The van der Waals surface area contributed by atoms with Crippen LogP contribution in [0, 0.1) is 5.92 Å². The van der Waals surface area contributed by atoms with Crippen molar-refractivity contribution in [2.45, 2.75) is 50.3 Å². The van der Waals surface area contributed by atoms with Crippen molar-refractivity contribution in [3.8, 4) is 11.1 Å². The normalized spacial score (nSPS) is 20.6. The van der Waals surface area contributed by atoms with E-state index < -0.39 is 36.0 Å². The number of nitrogens with one attached hydrogen (secondary N) is 2. The summed E-state index contributed by atoms with van der Waals surface area (Å²) >= 11 is 0. The largest absolute Gasteiger partial charge is 0.481 e. The zero-order valence-corrected chi connectivity index (χ0v) is 19.3. The molecule has 2 aliphatic rings. The van der Waals surface area contributed by atoms with Gasteiger partial charge in [0, 0.05) is 19.1 Å². The van der Waals surface area contributed by atoms with Gasteiger partial charge in [-0.05, 0) is 48.4 Å². The second kappa shape index (κ2) is 10.3. The minimum atomic E-state index is -0.968. The molecule has 2 aliphatic carbocycles. The van der Waals surface area contributed by atoms with Gasteiger partial charge < -0.3 is 25.2 Å². The van der Waals surface area contributed by atoms with Crippen molar-refractivity contribution in [3.63, 3.8) is 0 Å². The van der Waals surface area contributed by atoms with Crippen LogP contribution in [0.3, 0.4) is 0 Å². The van der Waals surface area contributed by atoms with Crippen molar-refractivity contribution in [2.75, 3.05) is 13.7 Å². The fourth-order valence-corrected chi connectivity index (χ4v) is 4.93. The Kier molecular flexibility index (Phi) is 7.17. The van der Waals surface area contributed by atoms with Gasteiger partial charge in [0.25, 0.3) is 0 Å². The third-order valence-corrected chi connectivity index (χ3v) is 6.87. The number of methoxy groups -OCH3 is 1. The Bertz CT molecular complexity index is 1030. The Labute approximate surface area is 198 Å². The summed E-state index contributed by atoms with van der Waals surface area (Å²) in [6, 6.07) is 14.9. The van der Waals surface area contributed by atoms with Crippen LogP contribution in [-0.2, 0) is 19.1 Å². The molecule has 8 heteroatoms. The highest BCUT2D eigenvalue weighted by molar-refractivity contribution is 5.86. The zero-order valence-electron chi connectivity index (χ0n) is 19.3. The molecule has 2 aromatic carbocycles. The molecule has 34 heavy (non-hydrogen) atoms. The fraction of sp³-hybridized carbons (Fsp3) is 0.423. The second-order valence-corrected chi connectivity index (χ2v) is 8.94. The van der Waals surface area contributed by atoms with E-state index in [1.165, 1.54) is 7.11 Å². The highest BCUT2D eigenvalue weighted by atomic mass is 16.5. The Hall–Kier alpha value is -3.39. The van der Waals surface area contributed by atoms with Gasteiger partial charge in [0.15, 0.2) is 0 Å². The molecule has 0 aromatic heterocycles. The number of hydrogen-bond donors (Lipinski definition) is 3. The van der Waals surface area contributed by atoms with Gasteiger partial charge >= 0.3 is 12.1 Å². The maximum absolute atomic E-state index is 12.9. The molecule has 1 saturated carbocycles. The topological polar surface area (TPSA) is 114 Å². The predicted molar refractivity (Wildman–Crippen MR) is 125 cm³/mol. The van der Waals surface area contributed by atoms with Crippen LogP contribution in [0.15, 0.2) is 48.5 Å². The summed E-state index contributed by atoms with van der Waals surface area (Å²) < 4.78 is 10.9. The predicted octanol–water partition coefficient (Wildman–Crippen LogP) is 3.30. The van der Waals surface area contributed by atoms with Crippen LogP contribution in [0.25, 0.3) is 11.1 Å². The number of carboxylic acids is 1. The van der Waals surface area contributed by atoms with Crippen molar-refractivity contribution in [1.29, 1.82) is 0 Å². The Morgan fingerprint density at radius 3 is 2.21 bits per heavy atom. The summed E-state index contributed by atoms with van der Waals surface area (Å²) in [7, 11) is 1.46.